The summed E-state index contributed by atoms with van der Waals surface area (Å²) in [6.45, 7) is 6.99. The van der Waals surface area contributed by atoms with Crippen molar-refractivity contribution < 1.29 is 0 Å². The Kier molecular flexibility index (Phi) is 7.59. The third-order valence-corrected chi connectivity index (χ3v) is 15.6. The van der Waals surface area contributed by atoms with Crippen molar-refractivity contribution in [3.63, 3.8) is 0 Å². The maximum Gasteiger partial charge on any atom is -0.000740 e. The first-order chi connectivity index (χ1) is 33.4. The van der Waals surface area contributed by atoms with E-state index >= 15 is 0 Å². The van der Waals surface area contributed by atoms with Crippen LogP contribution in [-0.2, 0) is 5.41 Å². The summed E-state index contributed by atoms with van der Waals surface area (Å²) in [5.41, 5.74) is 16.9. The Bertz CT molecular complexity index is 4260. The van der Waals surface area contributed by atoms with E-state index in [0.717, 1.165) is 0 Å². The van der Waals surface area contributed by atoms with Crippen LogP contribution < -0.4 is 0 Å². The van der Waals surface area contributed by atoms with Crippen LogP contribution in [0.3, 0.4) is 0 Å². The lowest BCUT2D eigenvalue weighted by atomic mass is 9.79. The molecule has 1 aliphatic rings. The molecule has 0 heterocycles. The summed E-state index contributed by atoms with van der Waals surface area (Å²) in [7, 11) is 0. The maximum atomic E-state index is 2.56. The standard InChI is InChI=1S/C68H44/c1-68(2,3)44-30-31-47-54(36-44)59(41-20-10-5-11-21-41)67-51-35-33-46-53-38-56-55(37-52(53)45-32-34-50(63(51)62(45)46)66(67)58(47)40-18-8-4-9-19-40)60(42-22-12-6-13-23-42)64-48-28-16-26-39-27-17-29-49(57(39)48)65(64)61(56)43-24-14-7-15-25-43/h4-38H,1-3H3. The Labute approximate surface area is 395 Å². The zero-order valence-electron chi connectivity index (χ0n) is 38.2. The first-order valence-electron chi connectivity index (χ1n) is 24.1. The molecule has 0 N–H and O–H groups in total. The van der Waals surface area contributed by atoms with Gasteiger partial charge in [-0.3, -0.25) is 0 Å². The molecular weight excluding hydrogens is 817 g/mol. The average Bonchev–Trinajstić information content (AvgIpc) is 4.00. The second-order valence-electron chi connectivity index (χ2n) is 20.2. The number of fused-ring (bicyclic) bond motifs is 11. The van der Waals surface area contributed by atoms with Gasteiger partial charge in [0.1, 0.15) is 0 Å². The largest absolute Gasteiger partial charge is 0.0622 e. The van der Waals surface area contributed by atoms with Gasteiger partial charge in [0.15, 0.2) is 0 Å². The Balaban J connectivity index is 1.13. The zero-order valence-corrected chi connectivity index (χ0v) is 38.2. The number of hydrogen-bond acceptors (Lipinski definition) is 0. The molecule has 0 amide bonds. The van der Waals surface area contributed by atoms with Gasteiger partial charge in [0, 0.05) is 0 Å². The minimum atomic E-state index is -0.00740. The predicted octanol–water partition coefficient (Wildman–Crippen LogP) is 19.4. The van der Waals surface area contributed by atoms with Crippen molar-refractivity contribution in [3.05, 3.63) is 218 Å². The van der Waals surface area contributed by atoms with Crippen LogP contribution in [0.2, 0.25) is 0 Å². The van der Waals surface area contributed by atoms with Crippen LogP contribution in [0.5, 0.6) is 0 Å². The molecule has 0 aromatic heterocycles. The summed E-state index contributed by atoms with van der Waals surface area (Å²) in [5, 5.41) is 21.1. The van der Waals surface area contributed by atoms with Crippen LogP contribution >= 0.6 is 0 Å². The minimum Gasteiger partial charge on any atom is -0.0622 e. The molecule has 316 valence electrons. The van der Waals surface area contributed by atoms with Gasteiger partial charge in [-0.15, -0.1) is 0 Å². The molecule has 0 spiro atoms. The second kappa shape index (κ2) is 13.6. The van der Waals surface area contributed by atoms with Gasteiger partial charge in [-0.05, 0) is 182 Å². The van der Waals surface area contributed by atoms with Crippen molar-refractivity contribution in [2.24, 2.45) is 0 Å². The summed E-state index contributed by atoms with van der Waals surface area (Å²) >= 11 is 0. The molecule has 0 bridgehead atoms. The molecule has 0 radical (unpaired) electrons. The predicted molar refractivity (Wildman–Crippen MR) is 294 cm³/mol. The Hall–Kier alpha value is -8.32. The third-order valence-electron chi connectivity index (χ3n) is 15.6. The summed E-state index contributed by atoms with van der Waals surface area (Å²) in [6, 6.07) is 80.6. The van der Waals surface area contributed by atoms with Crippen molar-refractivity contribution in [2.45, 2.75) is 26.2 Å². The summed E-state index contributed by atoms with van der Waals surface area (Å²) in [6.07, 6.45) is 0. The molecule has 0 atom stereocenters. The molecule has 14 aromatic carbocycles. The van der Waals surface area contributed by atoms with Crippen molar-refractivity contribution in [1.82, 2.24) is 0 Å². The van der Waals surface area contributed by atoms with Crippen LogP contribution in [0.1, 0.15) is 26.3 Å². The van der Waals surface area contributed by atoms with Gasteiger partial charge in [0.05, 0.1) is 0 Å². The fraction of sp³-hybridized carbons (Fsp3) is 0.0588. The van der Waals surface area contributed by atoms with E-state index in [9.17, 15) is 0 Å². The zero-order chi connectivity index (χ0) is 45.0. The van der Waals surface area contributed by atoms with Gasteiger partial charge in [0.2, 0.25) is 0 Å². The molecule has 0 unspecified atom stereocenters. The van der Waals surface area contributed by atoms with E-state index in [4.69, 9.17) is 0 Å². The van der Waals surface area contributed by atoms with Gasteiger partial charge >= 0.3 is 0 Å². The van der Waals surface area contributed by atoms with Gasteiger partial charge in [-0.1, -0.05) is 215 Å². The lowest BCUT2D eigenvalue weighted by Gasteiger charge is -2.24. The van der Waals surface area contributed by atoms with Crippen LogP contribution in [0.25, 0.3) is 153 Å². The maximum absolute atomic E-state index is 2.56. The molecule has 0 aliphatic heterocycles. The lowest BCUT2D eigenvalue weighted by molar-refractivity contribution is 0.591. The number of benzene rings is 12. The molecule has 0 fully saturated rings. The normalized spacial score (nSPS) is 12.6. The van der Waals surface area contributed by atoms with Crippen LogP contribution in [0, 0.1) is 0 Å². The van der Waals surface area contributed by atoms with E-state index in [1.807, 2.05) is 0 Å². The molecule has 0 saturated carbocycles. The van der Waals surface area contributed by atoms with E-state index in [-0.39, 0.29) is 5.41 Å². The average molecular weight is 861 g/mol. The number of hydrogen-bond donors (Lipinski definition) is 0. The van der Waals surface area contributed by atoms with Crippen LogP contribution in [0.15, 0.2) is 212 Å². The third kappa shape index (κ3) is 4.99. The highest BCUT2D eigenvalue weighted by Crippen LogP contribution is 2.61. The van der Waals surface area contributed by atoms with Gasteiger partial charge in [-0.2, -0.15) is 0 Å². The highest BCUT2D eigenvalue weighted by Gasteiger charge is 2.33. The van der Waals surface area contributed by atoms with Crippen molar-refractivity contribution in [3.8, 4) is 66.8 Å². The number of rotatable bonds is 4. The fourth-order valence-electron chi connectivity index (χ4n) is 12.7. The molecule has 0 nitrogen and oxygen atoms in total. The fourth-order valence-corrected chi connectivity index (χ4v) is 12.7. The molecule has 1 aliphatic carbocycles. The first-order valence-corrected chi connectivity index (χ1v) is 24.1. The van der Waals surface area contributed by atoms with Crippen molar-refractivity contribution >= 4 is 86.2 Å². The Morgan fingerprint density at radius 2 is 0.647 bits per heavy atom. The van der Waals surface area contributed by atoms with Crippen molar-refractivity contribution in [1.29, 1.82) is 0 Å². The Morgan fingerprint density at radius 3 is 1.10 bits per heavy atom. The second-order valence-corrected chi connectivity index (χ2v) is 20.2. The van der Waals surface area contributed by atoms with E-state index in [2.05, 4.69) is 233 Å². The monoisotopic (exact) mass is 860 g/mol. The van der Waals surface area contributed by atoms with Gasteiger partial charge < -0.3 is 0 Å². The minimum absolute atomic E-state index is 0.00740. The molecule has 0 saturated heterocycles. The van der Waals surface area contributed by atoms with Crippen LogP contribution in [-0.4, -0.2) is 0 Å². The first kappa shape index (κ1) is 37.9. The quantitative estimate of drug-likeness (QED) is 0.165. The molecule has 14 aromatic rings. The van der Waals surface area contributed by atoms with Crippen molar-refractivity contribution in [2.75, 3.05) is 0 Å². The summed E-state index contributed by atoms with van der Waals surface area (Å²) in [5.74, 6) is 0. The summed E-state index contributed by atoms with van der Waals surface area (Å²) < 4.78 is 0. The van der Waals surface area contributed by atoms with E-state index in [1.165, 1.54) is 159 Å². The smallest absolute Gasteiger partial charge is 0.000740 e. The molecule has 68 heavy (non-hydrogen) atoms. The lowest BCUT2D eigenvalue weighted by Crippen LogP contribution is -2.10. The SMILES string of the molecule is CC(C)(C)c1ccc2c(-c3ccccc3)c3c(c(-c4ccccc4)c2c1)-c1ccc2c4cc5c(-c6ccccc6)c6c7cccc8cccc(c6c(-c6ccccc6)c5cc4c4ccc-3c1c42)c87. The summed E-state index contributed by atoms with van der Waals surface area (Å²) in [4.78, 5) is 0. The van der Waals surface area contributed by atoms with Crippen LogP contribution in [0.4, 0.5) is 0 Å². The molecule has 0 heteroatoms. The topological polar surface area (TPSA) is 0 Å². The van der Waals surface area contributed by atoms with E-state index in [0.29, 0.717) is 0 Å². The Morgan fingerprint density at radius 1 is 0.235 bits per heavy atom. The van der Waals surface area contributed by atoms with Gasteiger partial charge in [0.25, 0.3) is 0 Å². The highest BCUT2D eigenvalue weighted by atomic mass is 14.4. The van der Waals surface area contributed by atoms with E-state index in [1.54, 1.807) is 0 Å². The molecular formula is C68H44. The van der Waals surface area contributed by atoms with E-state index < -0.39 is 0 Å². The highest BCUT2D eigenvalue weighted by molar-refractivity contribution is 6.43. The van der Waals surface area contributed by atoms with Gasteiger partial charge in [-0.25, -0.2) is 0 Å². The molecule has 15 rings (SSSR count).